The van der Waals surface area contributed by atoms with Gasteiger partial charge in [-0.2, -0.15) is 0 Å². The molecule has 0 bridgehead atoms. The second-order valence-electron chi connectivity index (χ2n) is 9.58. The molecule has 0 unspecified atom stereocenters. The van der Waals surface area contributed by atoms with E-state index in [0.29, 0.717) is 65.4 Å². The van der Waals surface area contributed by atoms with Crippen LogP contribution in [-0.4, -0.2) is 54.2 Å². The number of hydrogen-bond donors (Lipinski definition) is 0. The summed E-state index contributed by atoms with van der Waals surface area (Å²) in [5.41, 5.74) is 1.55. The molecule has 3 aliphatic rings. The number of nitrogens with zero attached hydrogens (tertiary/aromatic N) is 2. The monoisotopic (exact) mass is 496 g/mol. The maximum Gasteiger partial charge on any atom is 0.266 e. The minimum absolute atomic E-state index is 0.0173. The van der Waals surface area contributed by atoms with Crippen LogP contribution in [0.2, 0.25) is 0 Å². The Bertz CT molecular complexity index is 1420. The zero-order chi connectivity index (χ0) is 25.7. The van der Waals surface area contributed by atoms with Gasteiger partial charge in [-0.25, -0.2) is 4.90 Å². The van der Waals surface area contributed by atoms with Crippen LogP contribution < -0.4 is 14.4 Å². The van der Waals surface area contributed by atoms with Crippen molar-refractivity contribution in [3.63, 3.8) is 0 Å². The van der Waals surface area contributed by atoms with E-state index in [1.54, 1.807) is 78.7 Å². The van der Waals surface area contributed by atoms with Gasteiger partial charge in [0.2, 0.25) is 0 Å². The molecule has 0 radical (unpaired) electrons. The standard InChI is InChI=1S/C29H24N2O6/c1-36-20-10-11-25-23(16-20)24(32)17-29(37-25)12-14-30(15-13-29)26(33)18-6-8-19(9-7-18)31-27(34)21-4-2-3-5-22(21)28(31)35/h2-11,16H,12-15,17H2,1H3. The normalized spacial score (nSPS) is 17.9. The number of anilines is 1. The van der Waals surface area contributed by atoms with Crippen LogP contribution in [0.15, 0.2) is 66.7 Å². The van der Waals surface area contributed by atoms with Crippen LogP contribution in [0.3, 0.4) is 0 Å². The molecule has 0 saturated carbocycles. The number of ketones is 1. The van der Waals surface area contributed by atoms with Crippen molar-refractivity contribution in [3.05, 3.63) is 89.0 Å². The molecule has 6 rings (SSSR count). The van der Waals surface area contributed by atoms with E-state index in [4.69, 9.17) is 9.47 Å². The number of likely N-dealkylation sites (tertiary alicyclic amines) is 1. The van der Waals surface area contributed by atoms with E-state index < -0.39 is 5.60 Å². The summed E-state index contributed by atoms with van der Waals surface area (Å²) in [7, 11) is 1.56. The molecule has 3 heterocycles. The van der Waals surface area contributed by atoms with Crippen molar-refractivity contribution in [2.45, 2.75) is 24.9 Å². The molecule has 186 valence electrons. The average Bonchev–Trinajstić information content (AvgIpc) is 3.18. The van der Waals surface area contributed by atoms with Crippen LogP contribution in [0.25, 0.3) is 0 Å². The highest BCUT2D eigenvalue weighted by Crippen LogP contribution is 2.40. The number of hydrogen-bond acceptors (Lipinski definition) is 6. The number of piperidine rings is 1. The number of rotatable bonds is 3. The lowest BCUT2D eigenvalue weighted by Crippen LogP contribution is -2.52. The minimum Gasteiger partial charge on any atom is -0.497 e. The van der Waals surface area contributed by atoms with Crippen molar-refractivity contribution in [1.29, 1.82) is 0 Å². The number of imide groups is 1. The van der Waals surface area contributed by atoms with E-state index in [1.165, 1.54) is 0 Å². The smallest absolute Gasteiger partial charge is 0.266 e. The third-order valence-corrected chi connectivity index (χ3v) is 7.42. The Hall–Kier alpha value is -4.46. The van der Waals surface area contributed by atoms with E-state index >= 15 is 0 Å². The summed E-state index contributed by atoms with van der Waals surface area (Å²) in [6.07, 6.45) is 1.36. The lowest BCUT2D eigenvalue weighted by molar-refractivity contribution is -0.00578. The first-order valence-electron chi connectivity index (χ1n) is 12.2. The quantitative estimate of drug-likeness (QED) is 0.506. The zero-order valence-electron chi connectivity index (χ0n) is 20.2. The van der Waals surface area contributed by atoms with Gasteiger partial charge in [0, 0.05) is 31.5 Å². The summed E-state index contributed by atoms with van der Waals surface area (Å²) in [6.45, 7) is 0.912. The Morgan fingerprint density at radius 2 is 1.51 bits per heavy atom. The molecule has 8 nitrogen and oxygen atoms in total. The van der Waals surface area contributed by atoms with E-state index in [0.717, 1.165) is 4.90 Å². The number of carbonyl (C=O) groups is 4. The molecule has 3 aromatic carbocycles. The SMILES string of the molecule is COc1ccc2c(c1)C(=O)CC1(CCN(C(=O)c3ccc(N4C(=O)c5ccccc5C4=O)cc3)CC1)O2. The van der Waals surface area contributed by atoms with Crippen molar-refractivity contribution in [1.82, 2.24) is 4.90 Å². The highest BCUT2D eigenvalue weighted by molar-refractivity contribution is 6.34. The molecular weight excluding hydrogens is 472 g/mol. The van der Waals surface area contributed by atoms with Crippen molar-refractivity contribution in [3.8, 4) is 11.5 Å². The molecule has 0 N–H and O–H groups in total. The van der Waals surface area contributed by atoms with Gasteiger partial charge in [-0.15, -0.1) is 0 Å². The number of fused-ring (bicyclic) bond motifs is 2. The summed E-state index contributed by atoms with van der Waals surface area (Å²) in [5.74, 6) is 0.299. The minimum atomic E-state index is -0.620. The van der Waals surface area contributed by atoms with Crippen LogP contribution in [0.4, 0.5) is 5.69 Å². The number of carbonyl (C=O) groups excluding carboxylic acids is 4. The summed E-state index contributed by atoms with van der Waals surface area (Å²) >= 11 is 0. The summed E-state index contributed by atoms with van der Waals surface area (Å²) in [4.78, 5) is 54.4. The molecule has 3 aliphatic heterocycles. The molecule has 0 atom stereocenters. The van der Waals surface area contributed by atoms with E-state index in [2.05, 4.69) is 0 Å². The van der Waals surface area contributed by atoms with Crippen LogP contribution in [0.5, 0.6) is 11.5 Å². The lowest BCUT2D eigenvalue weighted by Gasteiger charge is -2.44. The average molecular weight is 497 g/mol. The Balaban J connectivity index is 1.13. The summed E-state index contributed by atoms with van der Waals surface area (Å²) < 4.78 is 11.5. The Labute approximate surface area is 213 Å². The number of amides is 3. The van der Waals surface area contributed by atoms with Gasteiger partial charge in [-0.05, 0) is 54.6 Å². The van der Waals surface area contributed by atoms with Gasteiger partial charge in [0.15, 0.2) is 5.78 Å². The lowest BCUT2D eigenvalue weighted by atomic mass is 9.82. The third-order valence-electron chi connectivity index (χ3n) is 7.42. The van der Waals surface area contributed by atoms with Gasteiger partial charge in [0.25, 0.3) is 17.7 Å². The van der Waals surface area contributed by atoms with Crippen LogP contribution in [0, 0.1) is 0 Å². The first-order chi connectivity index (χ1) is 17.9. The Morgan fingerprint density at radius 1 is 0.865 bits per heavy atom. The molecule has 3 amide bonds. The molecule has 1 fully saturated rings. The topological polar surface area (TPSA) is 93.2 Å². The van der Waals surface area contributed by atoms with E-state index in [1.807, 2.05) is 0 Å². The number of benzene rings is 3. The third kappa shape index (κ3) is 3.76. The second kappa shape index (κ2) is 8.58. The Kier molecular flexibility index (Phi) is 5.33. The fourth-order valence-corrected chi connectivity index (χ4v) is 5.36. The number of Topliss-reactive ketones (excluding diaryl/α,β-unsaturated/α-hetero) is 1. The molecular formula is C29H24N2O6. The molecule has 0 aliphatic carbocycles. The number of methoxy groups -OCH3 is 1. The van der Waals surface area contributed by atoms with Crippen LogP contribution >= 0.6 is 0 Å². The molecule has 8 heteroatoms. The molecule has 1 saturated heterocycles. The fourth-order valence-electron chi connectivity index (χ4n) is 5.36. The van der Waals surface area contributed by atoms with Gasteiger partial charge in [0.1, 0.15) is 17.1 Å². The van der Waals surface area contributed by atoms with Crippen LogP contribution in [-0.2, 0) is 0 Å². The number of ether oxygens (including phenoxy) is 2. The van der Waals surface area contributed by atoms with E-state index in [-0.39, 0.29) is 29.9 Å². The second-order valence-corrected chi connectivity index (χ2v) is 9.58. The maximum atomic E-state index is 13.2. The highest BCUT2D eigenvalue weighted by atomic mass is 16.5. The van der Waals surface area contributed by atoms with Gasteiger partial charge < -0.3 is 14.4 Å². The highest BCUT2D eigenvalue weighted by Gasteiger charge is 2.44. The van der Waals surface area contributed by atoms with Gasteiger partial charge in [-0.3, -0.25) is 19.2 Å². The first kappa shape index (κ1) is 23.0. The molecule has 0 aromatic heterocycles. The van der Waals surface area contributed by atoms with Crippen molar-refractivity contribution >= 4 is 29.2 Å². The van der Waals surface area contributed by atoms with Crippen LogP contribution in [0.1, 0.15) is 60.7 Å². The largest absolute Gasteiger partial charge is 0.497 e. The summed E-state index contributed by atoms with van der Waals surface area (Å²) in [5, 5.41) is 0. The first-order valence-corrected chi connectivity index (χ1v) is 12.2. The van der Waals surface area contributed by atoms with Crippen molar-refractivity contribution in [2.24, 2.45) is 0 Å². The van der Waals surface area contributed by atoms with Crippen molar-refractivity contribution in [2.75, 3.05) is 25.1 Å². The Morgan fingerprint density at radius 3 is 2.14 bits per heavy atom. The molecule has 37 heavy (non-hydrogen) atoms. The molecule has 1 spiro atoms. The predicted molar refractivity (Wildman–Crippen MR) is 134 cm³/mol. The van der Waals surface area contributed by atoms with Crippen molar-refractivity contribution < 1.29 is 28.7 Å². The van der Waals surface area contributed by atoms with E-state index in [9.17, 15) is 19.2 Å². The van der Waals surface area contributed by atoms with Gasteiger partial charge in [-0.1, -0.05) is 12.1 Å². The van der Waals surface area contributed by atoms with Gasteiger partial charge in [0.05, 0.1) is 35.9 Å². The summed E-state index contributed by atoms with van der Waals surface area (Å²) in [6, 6.07) is 18.5. The van der Waals surface area contributed by atoms with Gasteiger partial charge >= 0.3 is 0 Å². The molecule has 3 aromatic rings. The predicted octanol–water partition coefficient (Wildman–Crippen LogP) is 4.14. The zero-order valence-corrected chi connectivity index (χ0v) is 20.2. The maximum absolute atomic E-state index is 13.2. The fraction of sp³-hybridized carbons (Fsp3) is 0.241.